The average molecular weight is 192 g/mol. The number of hydrogen-bond acceptors (Lipinski definition) is 3. The lowest BCUT2D eigenvalue weighted by Gasteiger charge is -1.93. The van der Waals surface area contributed by atoms with E-state index in [0.29, 0.717) is 0 Å². The first-order valence-corrected chi connectivity index (χ1v) is 5.87. The lowest BCUT2D eigenvalue weighted by molar-refractivity contribution is 0.570. The molecule has 1 unspecified atom stereocenters. The Labute approximate surface area is 69.1 Å². The fraction of sp³-hybridized carbons (Fsp3) is 0.167. The van der Waals surface area contributed by atoms with Crippen LogP contribution in [0, 0.1) is 0 Å². The molecule has 62 valence electrons. The molecule has 0 saturated heterocycles. The Morgan fingerprint density at radius 3 is 2.73 bits per heavy atom. The van der Waals surface area contributed by atoms with E-state index in [0.717, 1.165) is 11.2 Å². The molecular weight excluding hydrogens is 184 g/mol. The van der Waals surface area contributed by atoms with Gasteiger partial charge < -0.3 is 0 Å². The number of carbonyl (C=O) groups is 1. The molecule has 0 fully saturated rings. The zero-order valence-electron chi connectivity index (χ0n) is 5.64. The van der Waals surface area contributed by atoms with Crippen molar-refractivity contribution in [2.75, 3.05) is 5.75 Å². The van der Waals surface area contributed by atoms with Gasteiger partial charge in [0.15, 0.2) is 5.62 Å². The second-order valence-electron chi connectivity index (χ2n) is 2.06. The summed E-state index contributed by atoms with van der Waals surface area (Å²) in [6.07, 6.45) is 1.70. The van der Waals surface area contributed by atoms with E-state index in [-0.39, 0.29) is 5.75 Å². The molecule has 1 aliphatic rings. The number of hydrogen-bond donors (Lipinski definition) is 2. The van der Waals surface area contributed by atoms with Crippen molar-refractivity contribution in [3.8, 4) is 0 Å². The van der Waals surface area contributed by atoms with Crippen molar-refractivity contribution >= 4 is 27.2 Å². The van der Waals surface area contributed by atoms with Crippen LogP contribution >= 0.6 is 10.9 Å². The molecule has 0 aromatic carbocycles. The summed E-state index contributed by atoms with van der Waals surface area (Å²) in [4.78, 5) is 10.2. The smallest absolute Gasteiger partial charge is 0.163 e. The Morgan fingerprint density at radius 1 is 1.55 bits per heavy atom. The summed E-state index contributed by atoms with van der Waals surface area (Å²) in [7, 11) is -3.16. The molecule has 5 heteroatoms. The molecule has 0 aliphatic carbocycles. The van der Waals surface area contributed by atoms with Crippen LogP contribution in [0.1, 0.15) is 0 Å². The molecule has 11 heavy (non-hydrogen) atoms. The van der Waals surface area contributed by atoms with E-state index >= 15 is 0 Å². The zero-order chi connectivity index (χ0) is 8.27. The summed E-state index contributed by atoms with van der Waals surface area (Å²) in [5.74, 6) is 0.0541. The van der Waals surface area contributed by atoms with Crippen molar-refractivity contribution in [3.05, 3.63) is 22.5 Å². The van der Waals surface area contributed by atoms with Crippen LogP contribution in [0.3, 0.4) is 0 Å². The van der Waals surface area contributed by atoms with E-state index in [1.54, 1.807) is 16.9 Å². The number of thiol groups is 2. The first kappa shape index (κ1) is 8.55. The predicted molar refractivity (Wildman–Crippen MR) is 48.1 cm³/mol. The number of carbonyl (C=O) groups excluding carboxylic acids is 1. The Bertz CT molecular complexity index is 280. The summed E-state index contributed by atoms with van der Waals surface area (Å²) in [5.41, 5.74) is 1.58. The highest BCUT2D eigenvalue weighted by molar-refractivity contribution is 8.33. The molecule has 0 bridgehead atoms. The van der Waals surface area contributed by atoms with Crippen LogP contribution in [0.15, 0.2) is 22.5 Å². The lowest BCUT2D eigenvalue weighted by Crippen LogP contribution is -1.87. The molecule has 0 saturated carbocycles. The quantitative estimate of drug-likeness (QED) is 0.496. The van der Waals surface area contributed by atoms with Gasteiger partial charge in [0.2, 0.25) is 0 Å². The third-order valence-electron chi connectivity index (χ3n) is 1.21. The van der Waals surface area contributed by atoms with Crippen LogP contribution in [0.2, 0.25) is 0 Å². The van der Waals surface area contributed by atoms with E-state index in [1.165, 1.54) is 0 Å². The van der Waals surface area contributed by atoms with Crippen molar-refractivity contribution < 1.29 is 13.2 Å². The Kier molecular flexibility index (Phi) is 2.90. The Balaban J connectivity index is 2.64. The van der Waals surface area contributed by atoms with Crippen LogP contribution in [0.25, 0.3) is 0 Å². The van der Waals surface area contributed by atoms with Gasteiger partial charge in [0.25, 0.3) is 0 Å². The summed E-state index contributed by atoms with van der Waals surface area (Å²) < 4.78 is 20.5. The third kappa shape index (κ3) is 2.51. The fourth-order valence-electron chi connectivity index (χ4n) is 0.768. The van der Waals surface area contributed by atoms with Gasteiger partial charge in [-0.25, -0.2) is 8.42 Å². The van der Waals surface area contributed by atoms with Gasteiger partial charge in [-0.3, -0.25) is 4.79 Å². The molecule has 0 aromatic heterocycles. The number of allylic oxidation sites excluding steroid dienone is 1. The molecule has 0 radical (unpaired) electrons. The van der Waals surface area contributed by atoms with Gasteiger partial charge in [-0.1, -0.05) is 6.08 Å². The highest BCUT2D eigenvalue weighted by atomic mass is 32.2. The topological polar surface area (TPSA) is 51.2 Å². The highest BCUT2D eigenvalue weighted by Gasteiger charge is 2.04. The normalized spacial score (nSPS) is 25.5. The minimum Gasteiger partial charge on any atom is -0.292 e. The summed E-state index contributed by atoms with van der Waals surface area (Å²) in [6, 6.07) is 0. The van der Waals surface area contributed by atoms with Gasteiger partial charge in [-0.15, -0.1) is 0 Å². The molecule has 1 aliphatic heterocycles. The second kappa shape index (κ2) is 3.73. The van der Waals surface area contributed by atoms with Crippen molar-refractivity contribution in [3.63, 3.8) is 0 Å². The third-order valence-corrected chi connectivity index (χ3v) is 3.20. The van der Waals surface area contributed by atoms with E-state index in [4.69, 9.17) is 0 Å². The molecule has 1 heterocycles. The zero-order valence-corrected chi connectivity index (χ0v) is 7.42. The predicted octanol–water partition coefficient (Wildman–Crippen LogP) is 0.200. The van der Waals surface area contributed by atoms with Crippen molar-refractivity contribution in [1.29, 1.82) is 0 Å². The van der Waals surface area contributed by atoms with Gasteiger partial charge in [-0.05, 0) is 16.4 Å². The first-order valence-electron chi connectivity index (χ1n) is 2.96. The summed E-state index contributed by atoms with van der Waals surface area (Å²) in [6.45, 7) is 0. The van der Waals surface area contributed by atoms with Gasteiger partial charge >= 0.3 is 0 Å². The average Bonchev–Trinajstić information content (AvgIpc) is 2.34. The minimum atomic E-state index is -2.36. The largest absolute Gasteiger partial charge is 0.292 e. The number of rotatable bonds is 3. The highest BCUT2D eigenvalue weighted by Crippen LogP contribution is 2.32. The van der Waals surface area contributed by atoms with Gasteiger partial charge in [0.1, 0.15) is 10.7 Å². The minimum absolute atomic E-state index is 0.0541. The van der Waals surface area contributed by atoms with Crippen molar-refractivity contribution in [2.45, 2.75) is 0 Å². The molecule has 0 N–H and O–H groups in total. The van der Waals surface area contributed by atoms with Crippen LogP contribution in [-0.4, -0.2) is 19.8 Å². The van der Waals surface area contributed by atoms with Gasteiger partial charge in [0.05, 0.1) is 5.75 Å². The lowest BCUT2D eigenvalue weighted by atomic mass is 10.4. The molecule has 3 nitrogen and oxygen atoms in total. The van der Waals surface area contributed by atoms with Crippen LogP contribution in [0.5, 0.6) is 0 Å². The SMILES string of the molecule is O=C[SH]1C=CC(C[SH](=O)=O)=C1. The Hall–Kier alpha value is -0.550. The van der Waals surface area contributed by atoms with E-state index in [1.807, 2.05) is 0 Å². The van der Waals surface area contributed by atoms with E-state index in [2.05, 4.69) is 0 Å². The first-order chi connectivity index (χ1) is 5.22. The van der Waals surface area contributed by atoms with Gasteiger partial charge in [0, 0.05) is 0 Å². The van der Waals surface area contributed by atoms with Crippen LogP contribution in [-0.2, 0) is 15.5 Å². The molecule has 0 amide bonds. The molecule has 1 atom stereocenters. The monoisotopic (exact) mass is 192 g/mol. The molecule has 1 rings (SSSR count). The maximum atomic E-state index is 10.2. The Morgan fingerprint density at radius 2 is 2.27 bits per heavy atom. The van der Waals surface area contributed by atoms with Crippen LogP contribution in [0.4, 0.5) is 0 Å². The maximum Gasteiger partial charge on any atom is 0.163 e. The fourth-order valence-corrected chi connectivity index (χ4v) is 2.55. The van der Waals surface area contributed by atoms with Crippen molar-refractivity contribution in [2.24, 2.45) is 0 Å². The summed E-state index contributed by atoms with van der Waals surface area (Å²) in [5, 5.41) is 3.46. The van der Waals surface area contributed by atoms with E-state index < -0.39 is 21.6 Å². The van der Waals surface area contributed by atoms with Crippen LogP contribution < -0.4 is 0 Å². The van der Waals surface area contributed by atoms with Gasteiger partial charge in [-0.2, -0.15) is 10.9 Å². The second-order valence-corrected chi connectivity index (χ2v) is 4.71. The summed E-state index contributed by atoms with van der Waals surface area (Å²) >= 11 is 0. The molecule has 0 aromatic rings. The maximum absolute atomic E-state index is 10.2. The standard InChI is InChI=1S/C6H8O3S2/c7-5-10-2-1-6(3-10)4-11(8)9/h1-3,5,10-11H,4H2. The molecule has 0 spiro atoms. The van der Waals surface area contributed by atoms with Crippen molar-refractivity contribution in [1.82, 2.24) is 0 Å². The molecular formula is C6H8O3S2. The van der Waals surface area contributed by atoms with E-state index in [9.17, 15) is 13.2 Å².